The number of carbonyl (C=O) groups is 2. The zero-order valence-corrected chi connectivity index (χ0v) is 23.2. The van der Waals surface area contributed by atoms with Gasteiger partial charge in [0.15, 0.2) is 6.10 Å². The number of halogens is 1. The minimum Gasteiger partial charge on any atom is -0.487 e. The Hall–Kier alpha value is -3.35. The molecule has 6 nitrogen and oxygen atoms in total. The zero-order chi connectivity index (χ0) is 27.4. The molecule has 2 aliphatic rings. The highest BCUT2D eigenvalue weighted by Gasteiger charge is 2.43. The summed E-state index contributed by atoms with van der Waals surface area (Å²) in [5.41, 5.74) is 3.09. The molecule has 5 rings (SSSR count). The number of nitrogens with zero attached hydrogens (tertiary/aromatic N) is 1. The second kappa shape index (κ2) is 11.8. The normalized spacial score (nSPS) is 18.7. The number of hydrogen-bond donors (Lipinski definition) is 0. The van der Waals surface area contributed by atoms with E-state index < -0.39 is 23.7 Å². The molecule has 2 unspecified atom stereocenters. The highest BCUT2D eigenvalue weighted by molar-refractivity contribution is 6.32. The van der Waals surface area contributed by atoms with Crippen LogP contribution in [0.3, 0.4) is 0 Å². The van der Waals surface area contributed by atoms with Gasteiger partial charge in [-0.15, -0.1) is 0 Å². The van der Waals surface area contributed by atoms with E-state index in [0.29, 0.717) is 17.4 Å². The quantitative estimate of drug-likeness (QED) is 0.304. The number of esters is 1. The Balaban J connectivity index is 1.48. The number of benzene rings is 3. The van der Waals surface area contributed by atoms with Crippen molar-refractivity contribution < 1.29 is 23.8 Å². The number of ether oxygens (including phenoxy) is 3. The molecule has 39 heavy (non-hydrogen) atoms. The summed E-state index contributed by atoms with van der Waals surface area (Å²) >= 11 is 6.59. The number of rotatable bonds is 8. The van der Waals surface area contributed by atoms with Crippen LogP contribution in [-0.4, -0.2) is 35.5 Å². The minimum absolute atomic E-state index is 0.218. The Morgan fingerprint density at radius 2 is 1.67 bits per heavy atom. The van der Waals surface area contributed by atoms with Gasteiger partial charge in [0.05, 0.1) is 17.7 Å². The van der Waals surface area contributed by atoms with Gasteiger partial charge in [-0.25, -0.2) is 4.79 Å². The largest absolute Gasteiger partial charge is 0.487 e. The average molecular weight is 548 g/mol. The molecule has 0 aromatic heterocycles. The van der Waals surface area contributed by atoms with Crippen LogP contribution in [0.2, 0.25) is 5.02 Å². The van der Waals surface area contributed by atoms with Gasteiger partial charge in [-0.1, -0.05) is 91.2 Å². The Kier molecular flexibility index (Phi) is 8.24. The lowest BCUT2D eigenvalue weighted by atomic mass is 9.91. The van der Waals surface area contributed by atoms with E-state index in [4.69, 9.17) is 25.8 Å². The SMILES string of the molecule is COC(=O)C1Cc2c(ccc(Cl)c2OCc2ccccc2)CN1C(=O)C(OC1(C)CCCC1)c1ccccc1. The molecular formula is C32H34ClNO5. The van der Waals surface area contributed by atoms with Crippen molar-refractivity contribution in [2.24, 2.45) is 0 Å². The lowest BCUT2D eigenvalue weighted by Crippen LogP contribution is -2.51. The zero-order valence-electron chi connectivity index (χ0n) is 22.4. The third-order valence-corrected chi connectivity index (χ3v) is 8.09. The van der Waals surface area contributed by atoms with Crippen LogP contribution in [0.1, 0.15) is 61.0 Å². The third-order valence-electron chi connectivity index (χ3n) is 7.80. The van der Waals surface area contributed by atoms with E-state index in [9.17, 15) is 9.59 Å². The van der Waals surface area contributed by atoms with E-state index in [2.05, 4.69) is 6.92 Å². The molecule has 3 aromatic carbocycles. The first-order chi connectivity index (χ1) is 18.9. The summed E-state index contributed by atoms with van der Waals surface area (Å²) in [4.78, 5) is 29.0. The van der Waals surface area contributed by atoms with Gasteiger partial charge in [-0.05, 0) is 42.5 Å². The maximum Gasteiger partial charge on any atom is 0.328 e. The summed E-state index contributed by atoms with van der Waals surface area (Å²) in [6, 6.07) is 22.2. The van der Waals surface area contributed by atoms with Crippen LogP contribution in [0.15, 0.2) is 72.8 Å². The van der Waals surface area contributed by atoms with Crippen molar-refractivity contribution in [1.82, 2.24) is 4.90 Å². The van der Waals surface area contributed by atoms with E-state index in [1.807, 2.05) is 66.7 Å². The predicted molar refractivity (Wildman–Crippen MR) is 149 cm³/mol. The predicted octanol–water partition coefficient (Wildman–Crippen LogP) is 6.44. The summed E-state index contributed by atoms with van der Waals surface area (Å²) in [6.07, 6.45) is 3.34. The van der Waals surface area contributed by atoms with E-state index in [-0.39, 0.29) is 18.9 Å². The van der Waals surface area contributed by atoms with Crippen molar-refractivity contribution in [1.29, 1.82) is 0 Å². The Bertz CT molecular complexity index is 1310. The van der Waals surface area contributed by atoms with Gasteiger partial charge in [-0.3, -0.25) is 4.79 Å². The van der Waals surface area contributed by atoms with Crippen LogP contribution >= 0.6 is 11.6 Å². The molecule has 1 aliphatic carbocycles. The first kappa shape index (κ1) is 27.2. The van der Waals surface area contributed by atoms with E-state index in [0.717, 1.165) is 47.9 Å². The van der Waals surface area contributed by atoms with Gasteiger partial charge in [0.2, 0.25) is 0 Å². The molecule has 0 bridgehead atoms. The highest BCUT2D eigenvalue weighted by atomic mass is 35.5. The van der Waals surface area contributed by atoms with Crippen LogP contribution in [0.4, 0.5) is 0 Å². The third kappa shape index (κ3) is 5.97. The standard InChI is InChI=1S/C32H34ClNO5/c1-32(17-9-10-18-32)39-28(23-13-7-4-8-14-23)30(35)34-20-24-15-16-26(33)29(25(24)19-27(34)31(36)37-2)38-21-22-11-5-3-6-12-22/h3-8,11-16,27-28H,9-10,17-21H2,1-2H3. The molecule has 7 heteroatoms. The van der Waals surface area contributed by atoms with Gasteiger partial charge in [0.1, 0.15) is 18.4 Å². The summed E-state index contributed by atoms with van der Waals surface area (Å²) in [6.45, 7) is 2.63. The Morgan fingerprint density at radius 3 is 2.33 bits per heavy atom. The number of fused-ring (bicyclic) bond motifs is 1. The Labute approximate surface area is 234 Å². The lowest BCUT2D eigenvalue weighted by Gasteiger charge is -2.39. The molecule has 0 radical (unpaired) electrons. The van der Waals surface area contributed by atoms with Crippen LogP contribution in [0.5, 0.6) is 5.75 Å². The van der Waals surface area contributed by atoms with Gasteiger partial charge in [0, 0.05) is 18.5 Å². The fourth-order valence-electron chi connectivity index (χ4n) is 5.64. The molecule has 1 saturated carbocycles. The number of carbonyl (C=O) groups excluding carboxylic acids is 2. The maximum absolute atomic E-state index is 14.3. The first-order valence-corrected chi connectivity index (χ1v) is 13.8. The molecule has 3 aromatic rings. The summed E-state index contributed by atoms with van der Waals surface area (Å²) in [7, 11) is 1.34. The number of amides is 1. The summed E-state index contributed by atoms with van der Waals surface area (Å²) in [5.74, 6) is -0.202. The Morgan fingerprint density at radius 1 is 1.00 bits per heavy atom. The monoisotopic (exact) mass is 547 g/mol. The molecule has 2 atom stereocenters. The van der Waals surface area contributed by atoms with Gasteiger partial charge < -0.3 is 19.1 Å². The minimum atomic E-state index is -0.835. The first-order valence-electron chi connectivity index (χ1n) is 13.5. The molecule has 0 N–H and O–H groups in total. The lowest BCUT2D eigenvalue weighted by molar-refractivity contribution is -0.167. The second-order valence-electron chi connectivity index (χ2n) is 10.6. The molecule has 1 amide bonds. The molecule has 1 aliphatic heterocycles. The second-order valence-corrected chi connectivity index (χ2v) is 11.0. The fourth-order valence-corrected chi connectivity index (χ4v) is 5.87. The molecule has 0 spiro atoms. The molecule has 0 saturated heterocycles. The molecule has 204 valence electrons. The van der Waals surface area contributed by atoms with E-state index in [1.54, 1.807) is 11.0 Å². The van der Waals surface area contributed by atoms with Crippen molar-refractivity contribution in [3.8, 4) is 5.75 Å². The van der Waals surface area contributed by atoms with E-state index >= 15 is 0 Å². The fraction of sp³-hybridized carbons (Fsp3) is 0.375. The van der Waals surface area contributed by atoms with Crippen molar-refractivity contribution >= 4 is 23.5 Å². The molecule has 1 fully saturated rings. The number of methoxy groups -OCH3 is 1. The number of hydrogen-bond acceptors (Lipinski definition) is 5. The molecular weight excluding hydrogens is 514 g/mol. The summed E-state index contributed by atoms with van der Waals surface area (Å²) < 4.78 is 18.0. The average Bonchev–Trinajstić information content (AvgIpc) is 3.41. The topological polar surface area (TPSA) is 65.1 Å². The van der Waals surface area contributed by atoms with Crippen molar-refractivity contribution in [2.75, 3.05) is 7.11 Å². The van der Waals surface area contributed by atoms with Gasteiger partial charge in [0.25, 0.3) is 5.91 Å². The van der Waals surface area contributed by atoms with Crippen LogP contribution < -0.4 is 4.74 Å². The van der Waals surface area contributed by atoms with E-state index in [1.165, 1.54) is 7.11 Å². The maximum atomic E-state index is 14.3. The highest BCUT2D eigenvalue weighted by Crippen LogP contribution is 2.41. The molecule has 1 heterocycles. The van der Waals surface area contributed by atoms with Crippen molar-refractivity contribution in [3.05, 3.63) is 100 Å². The van der Waals surface area contributed by atoms with Gasteiger partial charge >= 0.3 is 5.97 Å². The smallest absolute Gasteiger partial charge is 0.328 e. The van der Waals surface area contributed by atoms with Crippen molar-refractivity contribution in [3.63, 3.8) is 0 Å². The van der Waals surface area contributed by atoms with Crippen LogP contribution in [0.25, 0.3) is 0 Å². The van der Waals surface area contributed by atoms with Crippen LogP contribution in [-0.2, 0) is 38.6 Å². The summed E-state index contributed by atoms with van der Waals surface area (Å²) in [5, 5.41) is 0.465. The van der Waals surface area contributed by atoms with Crippen LogP contribution in [0, 0.1) is 0 Å². The van der Waals surface area contributed by atoms with Crippen molar-refractivity contribution in [2.45, 2.75) is 69.9 Å². The van der Waals surface area contributed by atoms with Gasteiger partial charge in [-0.2, -0.15) is 0 Å².